The summed E-state index contributed by atoms with van der Waals surface area (Å²) in [5.74, 6) is -0.279. The maximum Gasteiger partial charge on any atom is 0.250 e. The Morgan fingerprint density at radius 3 is 2.75 bits per heavy atom. The molecule has 0 saturated heterocycles. The Morgan fingerprint density at radius 1 is 1.35 bits per heavy atom. The van der Waals surface area contributed by atoms with E-state index < -0.39 is 15.8 Å². The Balaban J connectivity index is 1.95. The van der Waals surface area contributed by atoms with Crippen molar-refractivity contribution in [3.05, 3.63) is 47.1 Å². The molecule has 0 saturated carbocycles. The molecule has 0 atom stereocenters. The third-order valence-corrected chi connectivity index (χ3v) is 5.54. The Kier molecular flexibility index (Phi) is 4.74. The summed E-state index contributed by atoms with van der Waals surface area (Å²) in [5, 5.41) is 1.70. The first kappa shape index (κ1) is 15.0. The predicted octanol–water partition coefficient (Wildman–Crippen LogP) is 2.42. The van der Waals surface area contributed by atoms with Gasteiger partial charge in [-0.05, 0) is 35.6 Å². The van der Waals surface area contributed by atoms with Crippen LogP contribution in [0.1, 0.15) is 5.56 Å². The molecule has 0 amide bonds. The van der Waals surface area contributed by atoms with Gasteiger partial charge in [0.2, 0.25) is 10.0 Å². The molecular formula is C13H14FNO3S2. The van der Waals surface area contributed by atoms with E-state index >= 15 is 0 Å². The van der Waals surface area contributed by atoms with E-state index in [0.717, 1.165) is 11.3 Å². The third-order valence-electron chi connectivity index (χ3n) is 2.68. The molecule has 7 heteroatoms. The number of thiophene rings is 1. The van der Waals surface area contributed by atoms with Gasteiger partial charge in [0.05, 0.1) is 7.11 Å². The highest BCUT2D eigenvalue weighted by molar-refractivity contribution is 7.91. The Bertz CT molecular complexity index is 669. The smallest absolute Gasteiger partial charge is 0.250 e. The lowest BCUT2D eigenvalue weighted by atomic mass is 10.1. The summed E-state index contributed by atoms with van der Waals surface area (Å²) in [7, 11) is -2.06. The van der Waals surface area contributed by atoms with Crippen molar-refractivity contribution in [1.82, 2.24) is 4.72 Å². The summed E-state index contributed by atoms with van der Waals surface area (Å²) in [5.41, 5.74) is 0.706. The summed E-state index contributed by atoms with van der Waals surface area (Å²) in [6.07, 6.45) is 0.408. The normalized spacial score (nSPS) is 11.5. The van der Waals surface area contributed by atoms with Crippen LogP contribution in [0.25, 0.3) is 0 Å². The molecule has 0 fully saturated rings. The van der Waals surface area contributed by atoms with Gasteiger partial charge in [-0.3, -0.25) is 0 Å². The summed E-state index contributed by atoms with van der Waals surface area (Å²) >= 11 is 1.16. The number of ether oxygens (including phenoxy) is 1. The van der Waals surface area contributed by atoms with Crippen LogP contribution >= 0.6 is 11.3 Å². The highest BCUT2D eigenvalue weighted by Gasteiger charge is 2.14. The van der Waals surface area contributed by atoms with Crippen LogP contribution in [0.3, 0.4) is 0 Å². The molecule has 0 bridgehead atoms. The minimum atomic E-state index is -3.46. The molecule has 1 heterocycles. The SMILES string of the molecule is COc1ccc(CCNS(=O)(=O)c2cccs2)cc1F. The highest BCUT2D eigenvalue weighted by atomic mass is 32.2. The van der Waals surface area contributed by atoms with Gasteiger partial charge in [0.25, 0.3) is 0 Å². The van der Waals surface area contributed by atoms with Crippen molar-refractivity contribution < 1.29 is 17.5 Å². The number of benzene rings is 1. The summed E-state index contributed by atoms with van der Waals surface area (Å²) in [6, 6.07) is 7.80. The second-order valence-corrected chi connectivity index (χ2v) is 6.99. The molecule has 108 valence electrons. The molecular weight excluding hydrogens is 301 g/mol. The first-order chi connectivity index (χ1) is 9.53. The van der Waals surface area contributed by atoms with E-state index in [1.807, 2.05) is 0 Å². The van der Waals surface area contributed by atoms with Gasteiger partial charge in [-0.15, -0.1) is 11.3 Å². The van der Waals surface area contributed by atoms with Gasteiger partial charge >= 0.3 is 0 Å². The van der Waals surface area contributed by atoms with Crippen molar-refractivity contribution in [2.45, 2.75) is 10.6 Å². The van der Waals surface area contributed by atoms with Crippen LogP contribution in [0, 0.1) is 5.82 Å². The van der Waals surface area contributed by atoms with E-state index in [9.17, 15) is 12.8 Å². The minimum absolute atomic E-state index is 0.174. The summed E-state index contributed by atoms with van der Waals surface area (Å²) < 4.78 is 44.8. The number of halogens is 1. The Labute approximate surface area is 121 Å². The van der Waals surface area contributed by atoms with Crippen LogP contribution in [0.5, 0.6) is 5.75 Å². The minimum Gasteiger partial charge on any atom is -0.494 e. The second kappa shape index (κ2) is 6.34. The van der Waals surface area contributed by atoms with Gasteiger partial charge in [-0.2, -0.15) is 0 Å². The van der Waals surface area contributed by atoms with E-state index in [1.54, 1.807) is 23.6 Å². The molecule has 2 aromatic rings. The summed E-state index contributed by atoms with van der Waals surface area (Å²) in [4.78, 5) is 0. The third kappa shape index (κ3) is 3.56. The fourth-order valence-electron chi connectivity index (χ4n) is 1.68. The average Bonchev–Trinajstić information content (AvgIpc) is 2.93. The van der Waals surface area contributed by atoms with Gasteiger partial charge in [0.15, 0.2) is 11.6 Å². The second-order valence-electron chi connectivity index (χ2n) is 4.05. The predicted molar refractivity (Wildman–Crippen MR) is 76.2 cm³/mol. The lowest BCUT2D eigenvalue weighted by Gasteiger charge is -2.06. The van der Waals surface area contributed by atoms with Crippen molar-refractivity contribution in [3.63, 3.8) is 0 Å². The zero-order valence-electron chi connectivity index (χ0n) is 10.8. The Hall–Kier alpha value is -1.44. The molecule has 0 spiro atoms. The van der Waals surface area contributed by atoms with E-state index in [1.165, 1.54) is 19.2 Å². The van der Waals surface area contributed by atoms with Crippen molar-refractivity contribution in [2.24, 2.45) is 0 Å². The van der Waals surface area contributed by atoms with E-state index in [-0.39, 0.29) is 16.5 Å². The molecule has 0 aliphatic rings. The van der Waals surface area contributed by atoms with Gasteiger partial charge in [0.1, 0.15) is 4.21 Å². The zero-order chi connectivity index (χ0) is 14.6. The van der Waals surface area contributed by atoms with Gasteiger partial charge in [-0.25, -0.2) is 17.5 Å². The van der Waals surface area contributed by atoms with Crippen molar-refractivity contribution >= 4 is 21.4 Å². The largest absolute Gasteiger partial charge is 0.494 e. The van der Waals surface area contributed by atoms with E-state index in [4.69, 9.17) is 4.74 Å². The van der Waals surface area contributed by atoms with Crippen molar-refractivity contribution in [2.75, 3.05) is 13.7 Å². The maximum absolute atomic E-state index is 13.5. The van der Waals surface area contributed by atoms with Crippen LogP contribution in [-0.2, 0) is 16.4 Å². The number of hydrogen-bond donors (Lipinski definition) is 1. The van der Waals surface area contributed by atoms with Crippen LogP contribution in [0.4, 0.5) is 4.39 Å². The lowest BCUT2D eigenvalue weighted by Crippen LogP contribution is -2.25. The maximum atomic E-state index is 13.5. The number of rotatable bonds is 6. The molecule has 1 aromatic carbocycles. The quantitative estimate of drug-likeness (QED) is 0.890. The fraction of sp³-hybridized carbons (Fsp3) is 0.231. The monoisotopic (exact) mass is 315 g/mol. The van der Waals surface area contributed by atoms with Gasteiger partial charge in [-0.1, -0.05) is 12.1 Å². The number of methoxy groups -OCH3 is 1. The van der Waals surface area contributed by atoms with E-state index in [0.29, 0.717) is 12.0 Å². The zero-order valence-corrected chi connectivity index (χ0v) is 12.4. The van der Waals surface area contributed by atoms with Gasteiger partial charge < -0.3 is 4.74 Å². The molecule has 1 aromatic heterocycles. The molecule has 4 nitrogen and oxygen atoms in total. The Morgan fingerprint density at radius 2 is 2.15 bits per heavy atom. The van der Waals surface area contributed by atoms with Crippen LogP contribution < -0.4 is 9.46 Å². The van der Waals surface area contributed by atoms with Crippen molar-refractivity contribution in [1.29, 1.82) is 0 Å². The molecule has 20 heavy (non-hydrogen) atoms. The molecule has 0 radical (unpaired) electrons. The fourth-order valence-corrected chi connectivity index (χ4v) is 3.75. The van der Waals surface area contributed by atoms with Crippen LogP contribution in [-0.4, -0.2) is 22.1 Å². The average molecular weight is 315 g/mol. The molecule has 0 unspecified atom stereocenters. The van der Waals surface area contributed by atoms with E-state index in [2.05, 4.69) is 4.72 Å². The number of hydrogen-bond acceptors (Lipinski definition) is 4. The topological polar surface area (TPSA) is 55.4 Å². The van der Waals surface area contributed by atoms with Gasteiger partial charge in [0, 0.05) is 6.54 Å². The molecule has 1 N–H and O–H groups in total. The van der Waals surface area contributed by atoms with Crippen LogP contribution in [0.15, 0.2) is 39.9 Å². The highest BCUT2D eigenvalue weighted by Crippen LogP contribution is 2.18. The molecule has 0 aliphatic heterocycles. The molecule has 0 aliphatic carbocycles. The first-order valence-corrected chi connectivity index (χ1v) is 8.25. The first-order valence-electron chi connectivity index (χ1n) is 5.88. The molecule has 2 rings (SSSR count). The number of nitrogens with one attached hydrogen (secondary N) is 1. The lowest BCUT2D eigenvalue weighted by molar-refractivity contribution is 0.386. The van der Waals surface area contributed by atoms with Crippen molar-refractivity contribution in [3.8, 4) is 5.75 Å². The summed E-state index contributed by atoms with van der Waals surface area (Å²) in [6.45, 7) is 0.214. The standard InChI is InChI=1S/C13H14FNO3S2/c1-18-12-5-4-10(9-11(12)14)6-7-15-20(16,17)13-3-2-8-19-13/h2-5,8-9,15H,6-7H2,1H3. The van der Waals surface area contributed by atoms with Crippen LogP contribution in [0.2, 0.25) is 0 Å². The number of sulfonamides is 1.